The predicted octanol–water partition coefficient (Wildman–Crippen LogP) is 2.80. The lowest BCUT2D eigenvalue weighted by Gasteiger charge is -2.01. The lowest BCUT2D eigenvalue weighted by Crippen LogP contribution is -1.85. The third-order valence-electron chi connectivity index (χ3n) is 2.20. The highest BCUT2D eigenvalue weighted by Gasteiger charge is 1.98. The minimum Gasteiger partial charge on any atom is -0.508 e. The van der Waals surface area contributed by atoms with Crippen molar-refractivity contribution in [2.24, 2.45) is 4.99 Å². The van der Waals surface area contributed by atoms with Gasteiger partial charge in [-0.2, -0.15) is 0 Å². The fourth-order valence-electron chi connectivity index (χ4n) is 1.11. The largest absolute Gasteiger partial charge is 0.508 e. The molecule has 0 amide bonds. The molecule has 0 spiro atoms. The average Bonchev–Trinajstić information content (AvgIpc) is 2.20. The molecule has 2 heteroatoms. The summed E-state index contributed by atoms with van der Waals surface area (Å²) in [7, 11) is 1.76. The van der Waals surface area contributed by atoms with E-state index in [4.69, 9.17) is 0 Å². The number of benzene rings is 1. The van der Waals surface area contributed by atoms with E-state index in [0.29, 0.717) is 5.75 Å². The van der Waals surface area contributed by atoms with Gasteiger partial charge in [0.25, 0.3) is 0 Å². The van der Waals surface area contributed by atoms with Crippen LogP contribution in [0.1, 0.15) is 18.1 Å². The molecule has 0 aliphatic carbocycles. The van der Waals surface area contributed by atoms with Gasteiger partial charge in [0.2, 0.25) is 0 Å². The van der Waals surface area contributed by atoms with E-state index in [9.17, 15) is 5.11 Å². The Morgan fingerprint density at radius 3 is 2.79 bits per heavy atom. The monoisotopic (exact) mass is 189 g/mol. The van der Waals surface area contributed by atoms with Gasteiger partial charge in [0.1, 0.15) is 5.75 Å². The Kier molecular flexibility index (Phi) is 3.46. The molecule has 1 aromatic rings. The van der Waals surface area contributed by atoms with Gasteiger partial charge in [-0.3, -0.25) is 4.99 Å². The number of aliphatic imine (C=N–C) groups is 1. The number of nitrogens with zero attached hydrogens (tertiary/aromatic N) is 1. The van der Waals surface area contributed by atoms with Gasteiger partial charge in [-0.05, 0) is 37.1 Å². The smallest absolute Gasteiger partial charge is 0.119 e. The van der Waals surface area contributed by atoms with E-state index in [2.05, 4.69) is 4.99 Å². The van der Waals surface area contributed by atoms with Crippen LogP contribution in [0.2, 0.25) is 0 Å². The number of hydrogen-bond donors (Lipinski definition) is 1. The van der Waals surface area contributed by atoms with Crippen molar-refractivity contribution in [2.75, 3.05) is 7.05 Å². The molecule has 0 radical (unpaired) electrons. The summed E-state index contributed by atoms with van der Waals surface area (Å²) in [5.41, 5.74) is 2.88. The molecule has 1 rings (SSSR count). The highest BCUT2D eigenvalue weighted by atomic mass is 16.3. The van der Waals surface area contributed by atoms with Gasteiger partial charge >= 0.3 is 0 Å². The van der Waals surface area contributed by atoms with Gasteiger partial charge in [0.15, 0.2) is 0 Å². The van der Waals surface area contributed by atoms with Gasteiger partial charge in [0.05, 0.1) is 0 Å². The molecule has 0 saturated carbocycles. The van der Waals surface area contributed by atoms with E-state index in [0.717, 1.165) is 16.8 Å². The van der Waals surface area contributed by atoms with Crippen LogP contribution in [-0.2, 0) is 0 Å². The first kappa shape index (κ1) is 10.5. The highest BCUT2D eigenvalue weighted by Crippen LogP contribution is 2.20. The van der Waals surface area contributed by atoms with Crippen LogP contribution in [0.4, 0.5) is 0 Å². The summed E-state index contributed by atoms with van der Waals surface area (Å²) >= 11 is 0. The third kappa shape index (κ3) is 2.46. The number of rotatable bonds is 2. The van der Waals surface area contributed by atoms with E-state index in [1.807, 2.05) is 38.1 Å². The quantitative estimate of drug-likeness (QED) is 0.713. The van der Waals surface area contributed by atoms with Gasteiger partial charge in [-0.1, -0.05) is 18.2 Å². The first-order valence-electron chi connectivity index (χ1n) is 4.55. The lowest BCUT2D eigenvalue weighted by atomic mass is 10.1. The number of hydrogen-bond acceptors (Lipinski definition) is 2. The summed E-state index contributed by atoms with van der Waals surface area (Å²) in [6.45, 7) is 3.84. The molecule has 1 aromatic carbocycles. The maximum atomic E-state index is 9.46. The molecular formula is C12H15NO. The van der Waals surface area contributed by atoms with Gasteiger partial charge in [0, 0.05) is 12.8 Å². The summed E-state index contributed by atoms with van der Waals surface area (Å²) in [5.74, 6) is 0.332. The van der Waals surface area contributed by atoms with Crippen LogP contribution in [-0.4, -0.2) is 17.9 Å². The Morgan fingerprint density at radius 1 is 1.43 bits per heavy atom. The zero-order valence-corrected chi connectivity index (χ0v) is 8.78. The van der Waals surface area contributed by atoms with Crippen molar-refractivity contribution < 1.29 is 5.11 Å². The topological polar surface area (TPSA) is 32.6 Å². The lowest BCUT2D eigenvalue weighted by molar-refractivity contribution is 0.471. The Hall–Kier alpha value is -1.57. The molecule has 0 heterocycles. The summed E-state index contributed by atoms with van der Waals surface area (Å²) in [6, 6.07) is 5.49. The first-order valence-corrected chi connectivity index (χ1v) is 4.55. The Morgan fingerprint density at radius 2 is 2.14 bits per heavy atom. The SMILES string of the molecule is CN=C(C)/C=C\c1cccc(O)c1C. The van der Waals surface area contributed by atoms with Gasteiger partial charge in [-0.15, -0.1) is 0 Å². The number of phenols is 1. The molecule has 0 fully saturated rings. The molecule has 0 saturated heterocycles. The Bertz CT molecular complexity index is 378. The molecule has 74 valence electrons. The molecule has 0 aliphatic rings. The third-order valence-corrected chi connectivity index (χ3v) is 2.20. The molecular weight excluding hydrogens is 174 g/mol. The van der Waals surface area contributed by atoms with Crippen LogP contribution < -0.4 is 0 Å². The Balaban J connectivity index is 2.98. The molecule has 1 N–H and O–H groups in total. The molecule has 0 bridgehead atoms. The van der Waals surface area contributed by atoms with E-state index in [1.54, 1.807) is 13.1 Å². The van der Waals surface area contributed by atoms with Gasteiger partial charge < -0.3 is 5.11 Å². The maximum Gasteiger partial charge on any atom is 0.119 e. The molecule has 0 aliphatic heterocycles. The van der Waals surface area contributed by atoms with Crippen molar-refractivity contribution >= 4 is 11.8 Å². The average molecular weight is 189 g/mol. The second-order valence-corrected chi connectivity index (χ2v) is 3.19. The van der Waals surface area contributed by atoms with Crippen LogP contribution >= 0.6 is 0 Å². The van der Waals surface area contributed by atoms with Crippen molar-refractivity contribution in [3.8, 4) is 5.75 Å². The van der Waals surface area contributed by atoms with Crippen LogP contribution in [0, 0.1) is 6.92 Å². The fraction of sp³-hybridized carbons (Fsp3) is 0.250. The molecule has 2 nitrogen and oxygen atoms in total. The van der Waals surface area contributed by atoms with Crippen LogP contribution in [0.15, 0.2) is 29.3 Å². The molecule has 14 heavy (non-hydrogen) atoms. The van der Waals surface area contributed by atoms with Crippen LogP contribution in [0.3, 0.4) is 0 Å². The molecule has 0 atom stereocenters. The number of phenolic OH excluding ortho intramolecular Hbond substituents is 1. The van der Waals surface area contributed by atoms with Crippen molar-refractivity contribution in [3.05, 3.63) is 35.4 Å². The maximum absolute atomic E-state index is 9.46. The van der Waals surface area contributed by atoms with Crippen molar-refractivity contribution in [1.82, 2.24) is 0 Å². The fourth-order valence-corrected chi connectivity index (χ4v) is 1.11. The highest BCUT2D eigenvalue weighted by molar-refractivity contribution is 5.96. The normalized spacial score (nSPS) is 12.4. The standard InChI is InChI=1S/C12H15NO/c1-9(13-3)7-8-11-5-4-6-12(14)10(11)2/h4-8,14H,1-3H3/b8-7-,13-9?. The van der Waals surface area contributed by atoms with Crippen LogP contribution in [0.5, 0.6) is 5.75 Å². The van der Waals surface area contributed by atoms with E-state index >= 15 is 0 Å². The summed E-state index contributed by atoms with van der Waals surface area (Å²) in [4.78, 5) is 4.02. The van der Waals surface area contributed by atoms with Crippen molar-refractivity contribution in [2.45, 2.75) is 13.8 Å². The zero-order valence-electron chi connectivity index (χ0n) is 8.78. The van der Waals surface area contributed by atoms with Crippen molar-refractivity contribution in [1.29, 1.82) is 0 Å². The predicted molar refractivity (Wildman–Crippen MR) is 60.9 cm³/mol. The summed E-state index contributed by atoms with van der Waals surface area (Å²) in [5, 5.41) is 9.46. The second-order valence-electron chi connectivity index (χ2n) is 3.19. The Labute approximate surface area is 84.6 Å². The number of allylic oxidation sites excluding steroid dienone is 1. The minimum atomic E-state index is 0.332. The second kappa shape index (κ2) is 4.61. The molecule has 0 aromatic heterocycles. The summed E-state index contributed by atoms with van der Waals surface area (Å²) in [6.07, 6.45) is 3.89. The minimum absolute atomic E-state index is 0.332. The summed E-state index contributed by atoms with van der Waals surface area (Å²) < 4.78 is 0. The van der Waals surface area contributed by atoms with Gasteiger partial charge in [-0.25, -0.2) is 0 Å². The molecule has 0 unspecified atom stereocenters. The van der Waals surface area contributed by atoms with Crippen molar-refractivity contribution in [3.63, 3.8) is 0 Å². The first-order chi connectivity index (χ1) is 6.65. The van der Waals surface area contributed by atoms with E-state index in [1.165, 1.54) is 0 Å². The van der Waals surface area contributed by atoms with Crippen LogP contribution in [0.25, 0.3) is 6.08 Å². The zero-order chi connectivity index (χ0) is 10.6. The number of aromatic hydroxyl groups is 1. The van der Waals surface area contributed by atoms with E-state index < -0.39 is 0 Å². The van der Waals surface area contributed by atoms with E-state index in [-0.39, 0.29) is 0 Å².